The molecule has 2 atom stereocenters. The molecule has 0 aliphatic carbocycles. The number of ether oxygens (including phenoxy) is 1. The van der Waals surface area contributed by atoms with Gasteiger partial charge in [0, 0.05) is 24.0 Å². The van der Waals surface area contributed by atoms with Gasteiger partial charge in [-0.3, -0.25) is 4.90 Å². The maximum atomic E-state index is 6.33. The molecule has 0 radical (unpaired) electrons. The second-order valence-corrected chi connectivity index (χ2v) is 5.39. The largest absolute Gasteiger partial charge is 0.496 e. The van der Waals surface area contributed by atoms with Crippen molar-refractivity contribution in [1.29, 1.82) is 0 Å². The highest BCUT2D eigenvalue weighted by Gasteiger charge is 2.24. The summed E-state index contributed by atoms with van der Waals surface area (Å²) in [5.74, 6) is 1.60. The third-order valence-corrected chi connectivity index (χ3v) is 4.11. The lowest BCUT2D eigenvalue weighted by molar-refractivity contribution is 0.187. The van der Waals surface area contributed by atoms with E-state index in [1.807, 2.05) is 12.1 Å². The van der Waals surface area contributed by atoms with Crippen LogP contribution in [0, 0.1) is 5.92 Å². The van der Waals surface area contributed by atoms with Crippen LogP contribution in [0.1, 0.15) is 18.9 Å². The summed E-state index contributed by atoms with van der Waals surface area (Å²) in [5, 5.41) is 0.276. The number of hydrogen-bond acceptors (Lipinski definition) is 2. The highest BCUT2D eigenvalue weighted by atomic mass is 35.5. The molecule has 0 amide bonds. The summed E-state index contributed by atoms with van der Waals surface area (Å²) in [7, 11) is 1.72. The van der Waals surface area contributed by atoms with Crippen molar-refractivity contribution in [3.05, 3.63) is 29.8 Å². The Morgan fingerprint density at radius 3 is 2.88 bits per heavy atom. The van der Waals surface area contributed by atoms with Crippen LogP contribution in [0.3, 0.4) is 0 Å². The van der Waals surface area contributed by atoms with Crippen LogP contribution in [-0.2, 0) is 6.54 Å². The van der Waals surface area contributed by atoms with Gasteiger partial charge >= 0.3 is 0 Å². The van der Waals surface area contributed by atoms with E-state index in [0.717, 1.165) is 25.4 Å². The topological polar surface area (TPSA) is 12.5 Å². The molecule has 1 saturated heterocycles. The van der Waals surface area contributed by atoms with Crippen molar-refractivity contribution in [3.8, 4) is 5.75 Å². The average molecular weight is 254 g/mol. The van der Waals surface area contributed by atoms with Crippen LogP contribution in [0.4, 0.5) is 0 Å². The summed E-state index contributed by atoms with van der Waals surface area (Å²) >= 11 is 6.33. The fourth-order valence-corrected chi connectivity index (χ4v) is 2.62. The molecule has 0 bridgehead atoms. The Kier molecular flexibility index (Phi) is 4.30. The van der Waals surface area contributed by atoms with E-state index in [0.29, 0.717) is 5.92 Å². The number of rotatable bonds is 3. The minimum atomic E-state index is 0.276. The van der Waals surface area contributed by atoms with E-state index >= 15 is 0 Å². The summed E-state index contributed by atoms with van der Waals surface area (Å²) < 4.78 is 5.38. The maximum absolute atomic E-state index is 6.33. The third-order valence-electron chi connectivity index (χ3n) is 3.54. The van der Waals surface area contributed by atoms with E-state index < -0.39 is 0 Å². The Bertz CT molecular complexity index is 369. The molecular formula is C14H20ClNO. The maximum Gasteiger partial charge on any atom is 0.123 e. The van der Waals surface area contributed by atoms with Crippen molar-refractivity contribution >= 4 is 11.6 Å². The number of alkyl halides is 1. The molecule has 1 aliphatic rings. The molecule has 0 N–H and O–H groups in total. The molecule has 2 nitrogen and oxygen atoms in total. The molecular weight excluding hydrogens is 234 g/mol. The number of para-hydroxylation sites is 1. The Hall–Kier alpha value is -0.730. The molecule has 17 heavy (non-hydrogen) atoms. The number of halogens is 1. The fraction of sp³-hybridized carbons (Fsp3) is 0.571. The minimum absolute atomic E-state index is 0.276. The standard InChI is InChI=1S/C14H20ClNO/c1-11-7-8-16(10-13(11)15)9-12-5-3-4-6-14(12)17-2/h3-6,11,13H,7-10H2,1-2H3. The molecule has 1 aromatic rings. The van der Waals surface area contributed by atoms with Crippen molar-refractivity contribution in [2.45, 2.75) is 25.3 Å². The van der Waals surface area contributed by atoms with Gasteiger partial charge in [-0.2, -0.15) is 0 Å². The number of likely N-dealkylation sites (tertiary alicyclic amines) is 1. The highest BCUT2D eigenvalue weighted by molar-refractivity contribution is 6.21. The second-order valence-electron chi connectivity index (χ2n) is 4.83. The van der Waals surface area contributed by atoms with E-state index in [1.165, 1.54) is 12.0 Å². The molecule has 0 spiro atoms. The van der Waals surface area contributed by atoms with Crippen LogP contribution in [0.2, 0.25) is 0 Å². The lowest BCUT2D eigenvalue weighted by Crippen LogP contribution is -2.39. The fourth-order valence-electron chi connectivity index (χ4n) is 2.30. The van der Waals surface area contributed by atoms with Crippen LogP contribution in [0.15, 0.2) is 24.3 Å². The first-order valence-corrected chi connectivity index (χ1v) is 6.62. The normalized spacial score (nSPS) is 25.8. The lowest BCUT2D eigenvalue weighted by atomic mass is 9.98. The summed E-state index contributed by atoms with van der Waals surface area (Å²) in [4.78, 5) is 2.41. The Balaban J connectivity index is 2.01. The molecule has 1 fully saturated rings. The first kappa shape index (κ1) is 12.7. The number of methoxy groups -OCH3 is 1. The molecule has 1 aliphatic heterocycles. The van der Waals surface area contributed by atoms with E-state index in [4.69, 9.17) is 16.3 Å². The Morgan fingerprint density at radius 2 is 2.18 bits per heavy atom. The molecule has 0 saturated carbocycles. The summed E-state index contributed by atoms with van der Waals surface area (Å²) in [6, 6.07) is 8.20. The molecule has 94 valence electrons. The van der Waals surface area contributed by atoms with E-state index in [9.17, 15) is 0 Å². The molecule has 1 aromatic carbocycles. The predicted octanol–water partition coefficient (Wildman–Crippen LogP) is 3.14. The molecule has 2 unspecified atom stereocenters. The summed E-state index contributed by atoms with van der Waals surface area (Å²) in [5.41, 5.74) is 1.24. The third kappa shape index (κ3) is 3.14. The Labute approximate surface area is 109 Å². The highest BCUT2D eigenvalue weighted by Crippen LogP contribution is 2.25. The van der Waals surface area contributed by atoms with Crippen molar-refractivity contribution < 1.29 is 4.74 Å². The van der Waals surface area contributed by atoms with Crippen LogP contribution in [0.5, 0.6) is 5.75 Å². The van der Waals surface area contributed by atoms with Gasteiger partial charge in [-0.15, -0.1) is 11.6 Å². The van der Waals surface area contributed by atoms with Crippen molar-refractivity contribution in [3.63, 3.8) is 0 Å². The average Bonchev–Trinajstić information content (AvgIpc) is 2.34. The van der Waals surface area contributed by atoms with Crippen LogP contribution >= 0.6 is 11.6 Å². The zero-order valence-corrected chi connectivity index (χ0v) is 11.3. The number of nitrogens with zero attached hydrogens (tertiary/aromatic N) is 1. The van der Waals surface area contributed by atoms with Crippen molar-refractivity contribution in [1.82, 2.24) is 4.90 Å². The number of hydrogen-bond donors (Lipinski definition) is 0. The first-order valence-electron chi connectivity index (χ1n) is 6.19. The smallest absolute Gasteiger partial charge is 0.123 e. The summed E-state index contributed by atoms with van der Waals surface area (Å²) in [6.07, 6.45) is 1.18. The van der Waals surface area contributed by atoms with Gasteiger partial charge in [0.05, 0.1) is 7.11 Å². The van der Waals surface area contributed by atoms with Crippen LogP contribution in [0.25, 0.3) is 0 Å². The second kappa shape index (κ2) is 5.74. The SMILES string of the molecule is COc1ccccc1CN1CCC(C)C(Cl)C1. The number of piperidine rings is 1. The van der Waals surface area contributed by atoms with Crippen LogP contribution in [-0.4, -0.2) is 30.5 Å². The van der Waals surface area contributed by atoms with Gasteiger partial charge in [0.1, 0.15) is 5.75 Å². The predicted molar refractivity (Wildman–Crippen MR) is 71.7 cm³/mol. The van der Waals surface area contributed by atoms with Gasteiger partial charge in [0.25, 0.3) is 0 Å². The number of benzene rings is 1. The minimum Gasteiger partial charge on any atom is -0.496 e. The Morgan fingerprint density at radius 1 is 1.41 bits per heavy atom. The first-order chi connectivity index (χ1) is 8.20. The van der Waals surface area contributed by atoms with Crippen molar-refractivity contribution in [2.75, 3.05) is 20.2 Å². The zero-order valence-electron chi connectivity index (χ0n) is 10.5. The van der Waals surface area contributed by atoms with E-state index in [1.54, 1.807) is 7.11 Å². The van der Waals surface area contributed by atoms with Crippen molar-refractivity contribution in [2.24, 2.45) is 5.92 Å². The monoisotopic (exact) mass is 253 g/mol. The van der Waals surface area contributed by atoms with E-state index in [2.05, 4.69) is 24.0 Å². The lowest BCUT2D eigenvalue weighted by Gasteiger charge is -2.34. The van der Waals surface area contributed by atoms with E-state index in [-0.39, 0.29) is 5.38 Å². The van der Waals surface area contributed by atoms with Gasteiger partial charge in [-0.05, 0) is 24.9 Å². The summed E-state index contributed by atoms with van der Waals surface area (Å²) in [6.45, 7) is 5.27. The molecule has 3 heteroatoms. The molecule has 1 heterocycles. The van der Waals surface area contributed by atoms with Gasteiger partial charge in [-0.1, -0.05) is 25.1 Å². The zero-order chi connectivity index (χ0) is 12.3. The van der Waals surface area contributed by atoms with Gasteiger partial charge in [0.15, 0.2) is 0 Å². The van der Waals surface area contributed by atoms with Gasteiger partial charge < -0.3 is 4.74 Å². The quantitative estimate of drug-likeness (QED) is 0.768. The molecule has 2 rings (SSSR count). The van der Waals surface area contributed by atoms with Gasteiger partial charge in [0.2, 0.25) is 0 Å². The molecule has 0 aromatic heterocycles. The van der Waals surface area contributed by atoms with Gasteiger partial charge in [-0.25, -0.2) is 0 Å². The van der Waals surface area contributed by atoms with Crippen LogP contribution < -0.4 is 4.74 Å².